The first-order chi connectivity index (χ1) is 18.4. The maximum Gasteiger partial charge on any atom is 0.387 e. The Labute approximate surface area is 226 Å². The first-order valence-corrected chi connectivity index (χ1v) is 12.4. The number of carboxylic acid groups (broad SMARTS) is 1. The SMILES string of the molecule is CN(Cc1ccc(-c2ccc(OC(F)F)cc2)cc1)C(=O)CC(C)(C)C.O=C(O)c1ccc2cnccc2c1. The Morgan fingerprint density at radius 3 is 2.10 bits per heavy atom. The summed E-state index contributed by atoms with van der Waals surface area (Å²) in [7, 11) is 1.81. The van der Waals surface area contributed by atoms with Gasteiger partial charge in [0.05, 0.1) is 5.56 Å². The van der Waals surface area contributed by atoms with Crippen LogP contribution < -0.4 is 4.74 Å². The summed E-state index contributed by atoms with van der Waals surface area (Å²) in [6.45, 7) is 3.87. The summed E-state index contributed by atoms with van der Waals surface area (Å²) in [4.78, 5) is 28.5. The van der Waals surface area contributed by atoms with Gasteiger partial charge in [0, 0.05) is 37.8 Å². The highest BCUT2D eigenvalue weighted by Crippen LogP contribution is 2.24. The molecule has 0 spiro atoms. The van der Waals surface area contributed by atoms with Crippen LogP contribution in [0.15, 0.2) is 85.2 Å². The van der Waals surface area contributed by atoms with Gasteiger partial charge in [0.1, 0.15) is 5.75 Å². The summed E-state index contributed by atoms with van der Waals surface area (Å²) in [6, 6.07) is 21.2. The molecule has 39 heavy (non-hydrogen) atoms. The molecule has 0 aliphatic rings. The van der Waals surface area contributed by atoms with Crippen LogP contribution in [0, 0.1) is 5.41 Å². The average Bonchev–Trinajstić information content (AvgIpc) is 2.88. The minimum atomic E-state index is -2.82. The summed E-state index contributed by atoms with van der Waals surface area (Å²) in [5.74, 6) is -0.644. The standard InChI is InChI=1S/C21H25F2NO2.C10H7NO2/c1-21(2,3)13-19(25)24(4)14-15-5-7-16(8-6-15)17-9-11-18(12-10-17)26-20(22)23;12-10(13)8-1-2-9-6-11-4-3-7(9)5-8/h5-12,20H,13-14H2,1-4H3;1-6H,(H,12,13). The number of alkyl halides is 2. The number of aromatic carboxylic acids is 1. The molecular weight excluding hydrogens is 502 g/mol. The zero-order valence-corrected chi connectivity index (χ0v) is 22.4. The van der Waals surface area contributed by atoms with Crippen molar-refractivity contribution in [1.82, 2.24) is 9.88 Å². The monoisotopic (exact) mass is 534 g/mol. The number of rotatable bonds is 7. The van der Waals surface area contributed by atoms with E-state index in [1.54, 1.807) is 53.7 Å². The van der Waals surface area contributed by atoms with Crippen molar-refractivity contribution in [3.8, 4) is 16.9 Å². The second-order valence-corrected chi connectivity index (χ2v) is 10.3. The fourth-order valence-electron chi connectivity index (χ4n) is 3.80. The zero-order chi connectivity index (χ0) is 28.6. The van der Waals surface area contributed by atoms with E-state index in [1.165, 1.54) is 12.1 Å². The van der Waals surface area contributed by atoms with Gasteiger partial charge in [-0.05, 0) is 57.8 Å². The van der Waals surface area contributed by atoms with Crippen LogP contribution >= 0.6 is 0 Å². The summed E-state index contributed by atoms with van der Waals surface area (Å²) in [6.07, 6.45) is 3.86. The van der Waals surface area contributed by atoms with Gasteiger partial charge in [-0.15, -0.1) is 0 Å². The van der Waals surface area contributed by atoms with Gasteiger partial charge in [0.25, 0.3) is 0 Å². The predicted octanol–water partition coefficient (Wildman–Crippen LogP) is 7.28. The number of carbonyl (C=O) groups excluding carboxylic acids is 1. The molecule has 0 atom stereocenters. The molecule has 1 amide bonds. The third-order valence-electron chi connectivity index (χ3n) is 5.78. The van der Waals surface area contributed by atoms with Gasteiger partial charge in [-0.1, -0.05) is 63.2 Å². The minimum absolute atomic E-state index is 0.0323. The first kappa shape index (κ1) is 29.2. The predicted molar refractivity (Wildman–Crippen MR) is 148 cm³/mol. The van der Waals surface area contributed by atoms with Crippen LogP contribution in [0.2, 0.25) is 0 Å². The van der Waals surface area contributed by atoms with E-state index in [4.69, 9.17) is 5.11 Å². The van der Waals surface area contributed by atoms with Crippen LogP contribution in [-0.4, -0.2) is 40.5 Å². The molecule has 1 aromatic heterocycles. The minimum Gasteiger partial charge on any atom is -0.478 e. The lowest BCUT2D eigenvalue weighted by Gasteiger charge is -2.23. The molecule has 1 N–H and O–H groups in total. The summed E-state index contributed by atoms with van der Waals surface area (Å²) in [5, 5.41) is 10.6. The Kier molecular flexibility index (Phi) is 9.71. The Morgan fingerprint density at radius 1 is 0.923 bits per heavy atom. The van der Waals surface area contributed by atoms with Gasteiger partial charge < -0.3 is 14.7 Å². The van der Waals surface area contributed by atoms with Gasteiger partial charge in [-0.3, -0.25) is 9.78 Å². The van der Waals surface area contributed by atoms with Crippen molar-refractivity contribution >= 4 is 22.6 Å². The summed E-state index contributed by atoms with van der Waals surface area (Å²) >= 11 is 0. The molecule has 0 fully saturated rings. The molecule has 0 aliphatic carbocycles. The molecule has 4 aromatic rings. The van der Waals surface area contributed by atoms with E-state index in [0.29, 0.717) is 18.5 Å². The lowest BCUT2D eigenvalue weighted by atomic mass is 9.91. The largest absolute Gasteiger partial charge is 0.478 e. The number of ether oxygens (including phenoxy) is 1. The molecule has 0 unspecified atom stereocenters. The maximum atomic E-state index is 12.2. The second-order valence-electron chi connectivity index (χ2n) is 10.3. The van der Waals surface area contributed by atoms with Crippen LogP contribution in [0.4, 0.5) is 8.78 Å². The molecule has 0 saturated heterocycles. The van der Waals surface area contributed by atoms with Crippen LogP contribution in [0.3, 0.4) is 0 Å². The van der Waals surface area contributed by atoms with Crippen molar-refractivity contribution < 1.29 is 28.2 Å². The molecule has 1 heterocycles. The number of hydrogen-bond donors (Lipinski definition) is 1. The van der Waals surface area contributed by atoms with Crippen LogP contribution in [0.25, 0.3) is 21.9 Å². The number of amides is 1. The van der Waals surface area contributed by atoms with Gasteiger partial charge in [0.15, 0.2) is 0 Å². The number of fused-ring (bicyclic) bond motifs is 1. The molecule has 204 valence electrons. The van der Waals surface area contributed by atoms with Crippen molar-refractivity contribution in [2.24, 2.45) is 5.41 Å². The van der Waals surface area contributed by atoms with Crippen molar-refractivity contribution in [3.05, 3.63) is 96.3 Å². The van der Waals surface area contributed by atoms with Crippen molar-refractivity contribution in [3.63, 3.8) is 0 Å². The van der Waals surface area contributed by atoms with E-state index in [0.717, 1.165) is 27.5 Å². The van der Waals surface area contributed by atoms with E-state index in [1.807, 2.05) is 52.1 Å². The fourth-order valence-corrected chi connectivity index (χ4v) is 3.80. The van der Waals surface area contributed by atoms with Crippen LogP contribution in [0.1, 0.15) is 43.1 Å². The van der Waals surface area contributed by atoms with Gasteiger partial charge in [0.2, 0.25) is 5.91 Å². The van der Waals surface area contributed by atoms with Crippen LogP contribution in [-0.2, 0) is 11.3 Å². The van der Waals surface area contributed by atoms with Gasteiger partial charge in [-0.2, -0.15) is 8.78 Å². The molecule has 0 saturated carbocycles. The van der Waals surface area contributed by atoms with E-state index in [9.17, 15) is 18.4 Å². The van der Waals surface area contributed by atoms with E-state index in [-0.39, 0.29) is 17.1 Å². The lowest BCUT2D eigenvalue weighted by Crippen LogP contribution is -2.29. The fraction of sp³-hybridized carbons (Fsp3) is 0.258. The normalized spacial score (nSPS) is 11.1. The number of halogens is 2. The zero-order valence-electron chi connectivity index (χ0n) is 22.4. The third-order valence-corrected chi connectivity index (χ3v) is 5.78. The lowest BCUT2D eigenvalue weighted by molar-refractivity contribution is -0.132. The summed E-state index contributed by atoms with van der Waals surface area (Å²) < 4.78 is 28.7. The molecule has 3 aromatic carbocycles. The highest BCUT2D eigenvalue weighted by atomic mass is 19.3. The second kappa shape index (κ2) is 13.0. The molecule has 0 bridgehead atoms. The number of carbonyl (C=O) groups is 2. The summed E-state index contributed by atoms with van der Waals surface area (Å²) in [5.41, 5.74) is 3.20. The number of aromatic nitrogens is 1. The Morgan fingerprint density at radius 2 is 1.54 bits per heavy atom. The first-order valence-electron chi connectivity index (χ1n) is 12.4. The van der Waals surface area contributed by atoms with Crippen LogP contribution in [0.5, 0.6) is 5.75 Å². The smallest absolute Gasteiger partial charge is 0.387 e. The Bertz CT molecular complexity index is 1400. The Balaban J connectivity index is 0.000000268. The molecule has 0 radical (unpaired) electrons. The topological polar surface area (TPSA) is 79.7 Å². The maximum absolute atomic E-state index is 12.2. The van der Waals surface area contributed by atoms with E-state index in [2.05, 4.69) is 9.72 Å². The van der Waals surface area contributed by atoms with Crippen molar-refractivity contribution in [2.45, 2.75) is 40.3 Å². The third kappa shape index (κ3) is 9.17. The van der Waals surface area contributed by atoms with E-state index >= 15 is 0 Å². The molecule has 0 aliphatic heterocycles. The van der Waals surface area contributed by atoms with Crippen molar-refractivity contribution in [1.29, 1.82) is 0 Å². The average molecular weight is 535 g/mol. The number of benzene rings is 3. The number of pyridine rings is 1. The molecular formula is C31H32F2N2O4. The number of hydrogen-bond acceptors (Lipinski definition) is 4. The highest BCUT2D eigenvalue weighted by Gasteiger charge is 2.19. The molecule has 8 heteroatoms. The van der Waals surface area contributed by atoms with Gasteiger partial charge >= 0.3 is 12.6 Å². The van der Waals surface area contributed by atoms with E-state index < -0.39 is 12.6 Å². The van der Waals surface area contributed by atoms with Crippen molar-refractivity contribution in [2.75, 3.05) is 7.05 Å². The molecule has 6 nitrogen and oxygen atoms in total. The number of nitrogens with zero attached hydrogens (tertiary/aromatic N) is 2. The highest BCUT2D eigenvalue weighted by molar-refractivity contribution is 5.94. The Hall–Kier alpha value is -4.33. The number of carboxylic acids is 1. The molecule has 4 rings (SSSR count). The quantitative estimate of drug-likeness (QED) is 0.269. The van der Waals surface area contributed by atoms with Gasteiger partial charge in [-0.25, -0.2) is 4.79 Å².